The van der Waals surface area contributed by atoms with Gasteiger partial charge in [0.15, 0.2) is 0 Å². The smallest absolute Gasteiger partial charge is 0.0635 e. The van der Waals surface area contributed by atoms with E-state index in [1.807, 2.05) is 12.1 Å². The Labute approximate surface area is 133 Å². The molecule has 2 N–H and O–H groups in total. The molecule has 21 heavy (non-hydrogen) atoms. The van der Waals surface area contributed by atoms with Gasteiger partial charge in [0.25, 0.3) is 0 Å². The van der Waals surface area contributed by atoms with E-state index in [0.29, 0.717) is 6.04 Å². The Morgan fingerprint density at radius 3 is 2.86 bits per heavy atom. The van der Waals surface area contributed by atoms with E-state index in [4.69, 9.17) is 11.6 Å². The molecule has 1 heterocycles. The SMILES string of the molecule is CC(C)NCc1c(Cl)cccc1N1CCCCCC1CO. The van der Waals surface area contributed by atoms with E-state index < -0.39 is 0 Å². The Kier molecular flexibility index (Phi) is 6.34. The Morgan fingerprint density at radius 2 is 2.14 bits per heavy atom. The van der Waals surface area contributed by atoms with Crippen LogP contribution in [0.2, 0.25) is 5.02 Å². The Balaban J connectivity index is 2.29. The van der Waals surface area contributed by atoms with E-state index in [1.54, 1.807) is 0 Å². The Morgan fingerprint density at radius 1 is 1.33 bits per heavy atom. The highest BCUT2D eigenvalue weighted by atomic mass is 35.5. The molecule has 3 nitrogen and oxygen atoms in total. The van der Waals surface area contributed by atoms with Gasteiger partial charge in [0.1, 0.15) is 0 Å². The molecule has 2 rings (SSSR count). The molecule has 0 aromatic heterocycles. The first-order chi connectivity index (χ1) is 10.1. The molecule has 1 aliphatic heterocycles. The number of hydrogen-bond acceptors (Lipinski definition) is 3. The van der Waals surface area contributed by atoms with E-state index in [1.165, 1.54) is 24.9 Å². The maximum atomic E-state index is 9.74. The lowest BCUT2D eigenvalue weighted by Crippen LogP contribution is -2.38. The number of nitrogens with one attached hydrogen (secondary N) is 1. The molecule has 1 aromatic carbocycles. The third kappa shape index (κ3) is 4.35. The van der Waals surface area contributed by atoms with Crippen LogP contribution >= 0.6 is 11.6 Å². The third-order valence-corrected chi connectivity index (χ3v) is 4.53. The van der Waals surface area contributed by atoms with Crippen molar-refractivity contribution in [3.63, 3.8) is 0 Å². The van der Waals surface area contributed by atoms with Gasteiger partial charge in [-0.15, -0.1) is 0 Å². The molecule has 1 atom stereocenters. The fraction of sp³-hybridized carbons (Fsp3) is 0.647. The second-order valence-corrected chi connectivity index (χ2v) is 6.56. The summed E-state index contributed by atoms with van der Waals surface area (Å²) in [5.74, 6) is 0. The minimum atomic E-state index is 0.212. The van der Waals surface area contributed by atoms with Gasteiger partial charge in [-0.25, -0.2) is 0 Å². The molecule has 0 saturated carbocycles. The maximum absolute atomic E-state index is 9.74. The van der Waals surface area contributed by atoms with Crippen LogP contribution in [0.1, 0.15) is 45.1 Å². The molecule has 0 radical (unpaired) electrons. The van der Waals surface area contributed by atoms with Gasteiger partial charge in [-0.3, -0.25) is 0 Å². The van der Waals surface area contributed by atoms with Gasteiger partial charge in [-0.05, 0) is 25.0 Å². The molecule has 4 heteroatoms. The first kappa shape index (κ1) is 16.6. The van der Waals surface area contributed by atoms with Gasteiger partial charge in [0, 0.05) is 35.4 Å². The van der Waals surface area contributed by atoms with Crippen LogP contribution in [0.5, 0.6) is 0 Å². The zero-order chi connectivity index (χ0) is 15.2. The summed E-state index contributed by atoms with van der Waals surface area (Å²) in [5.41, 5.74) is 2.32. The zero-order valence-corrected chi connectivity index (χ0v) is 13.9. The highest BCUT2D eigenvalue weighted by Gasteiger charge is 2.23. The van der Waals surface area contributed by atoms with Crippen molar-refractivity contribution < 1.29 is 5.11 Å². The molecule has 0 amide bonds. The summed E-state index contributed by atoms with van der Waals surface area (Å²) in [6.07, 6.45) is 4.68. The first-order valence-corrected chi connectivity index (χ1v) is 8.39. The minimum absolute atomic E-state index is 0.212. The summed E-state index contributed by atoms with van der Waals surface area (Å²) in [6, 6.07) is 6.73. The number of nitrogens with zero attached hydrogens (tertiary/aromatic N) is 1. The lowest BCUT2D eigenvalue weighted by atomic mass is 10.1. The summed E-state index contributed by atoms with van der Waals surface area (Å²) in [4.78, 5) is 2.36. The largest absolute Gasteiger partial charge is 0.394 e. The van der Waals surface area contributed by atoms with Crippen LogP contribution in [0.15, 0.2) is 18.2 Å². The van der Waals surface area contributed by atoms with Gasteiger partial charge in [-0.1, -0.05) is 44.4 Å². The minimum Gasteiger partial charge on any atom is -0.394 e. The number of hydrogen-bond donors (Lipinski definition) is 2. The zero-order valence-electron chi connectivity index (χ0n) is 13.1. The lowest BCUT2D eigenvalue weighted by Gasteiger charge is -2.33. The van der Waals surface area contributed by atoms with Crippen molar-refractivity contribution in [1.29, 1.82) is 0 Å². The second-order valence-electron chi connectivity index (χ2n) is 6.15. The number of anilines is 1. The standard InChI is InChI=1S/C17H27ClN2O/c1-13(2)19-11-15-16(18)8-6-9-17(15)20-10-5-3-4-7-14(20)12-21/h6,8-9,13-14,19,21H,3-5,7,10-12H2,1-2H3. The van der Waals surface area contributed by atoms with Crippen molar-refractivity contribution in [3.05, 3.63) is 28.8 Å². The number of aliphatic hydroxyl groups is 1. The number of rotatable bonds is 5. The van der Waals surface area contributed by atoms with Crippen LogP contribution < -0.4 is 10.2 Å². The fourth-order valence-electron chi connectivity index (χ4n) is 2.98. The van der Waals surface area contributed by atoms with Crippen LogP contribution in [0.4, 0.5) is 5.69 Å². The van der Waals surface area contributed by atoms with Crippen molar-refractivity contribution in [2.24, 2.45) is 0 Å². The van der Waals surface area contributed by atoms with E-state index in [0.717, 1.165) is 30.1 Å². The summed E-state index contributed by atoms with van der Waals surface area (Å²) in [7, 11) is 0. The average molecular weight is 311 g/mol. The number of aliphatic hydroxyl groups excluding tert-OH is 1. The Bertz CT molecular complexity index is 450. The lowest BCUT2D eigenvalue weighted by molar-refractivity contribution is 0.255. The summed E-state index contributed by atoms with van der Waals surface area (Å²) in [5, 5.41) is 14.0. The fourth-order valence-corrected chi connectivity index (χ4v) is 3.22. The molecule has 1 fully saturated rings. The highest BCUT2D eigenvalue weighted by molar-refractivity contribution is 6.31. The molecule has 0 bridgehead atoms. The molecular weight excluding hydrogens is 284 g/mol. The van der Waals surface area contributed by atoms with Crippen LogP contribution in [0, 0.1) is 0 Å². The van der Waals surface area contributed by atoms with Crippen molar-refractivity contribution in [2.45, 2.75) is 58.2 Å². The molecule has 1 saturated heterocycles. The highest BCUT2D eigenvalue weighted by Crippen LogP contribution is 2.31. The van der Waals surface area contributed by atoms with Crippen molar-refractivity contribution in [2.75, 3.05) is 18.1 Å². The molecular formula is C17H27ClN2O. The molecule has 0 aliphatic carbocycles. The normalized spacial score (nSPS) is 19.9. The molecule has 1 unspecified atom stereocenters. The van der Waals surface area contributed by atoms with Crippen LogP contribution in [0.3, 0.4) is 0 Å². The van der Waals surface area contributed by atoms with E-state index in [-0.39, 0.29) is 12.6 Å². The maximum Gasteiger partial charge on any atom is 0.0635 e. The van der Waals surface area contributed by atoms with Gasteiger partial charge in [0.2, 0.25) is 0 Å². The predicted molar refractivity (Wildman–Crippen MR) is 90.1 cm³/mol. The summed E-state index contributed by atoms with van der Waals surface area (Å²) in [6.45, 7) is 6.25. The second kappa shape index (κ2) is 8.02. The monoisotopic (exact) mass is 310 g/mol. The quantitative estimate of drug-likeness (QED) is 0.872. The van der Waals surface area contributed by atoms with Crippen molar-refractivity contribution >= 4 is 17.3 Å². The van der Waals surface area contributed by atoms with Gasteiger partial charge < -0.3 is 15.3 Å². The summed E-state index contributed by atoms with van der Waals surface area (Å²) >= 11 is 6.43. The number of halogens is 1. The topological polar surface area (TPSA) is 35.5 Å². The number of benzene rings is 1. The Hall–Kier alpha value is -0.770. The van der Waals surface area contributed by atoms with Crippen LogP contribution in [-0.4, -0.2) is 30.3 Å². The van der Waals surface area contributed by atoms with E-state index >= 15 is 0 Å². The van der Waals surface area contributed by atoms with Crippen molar-refractivity contribution in [3.8, 4) is 0 Å². The first-order valence-electron chi connectivity index (χ1n) is 8.01. The van der Waals surface area contributed by atoms with Crippen molar-refractivity contribution in [1.82, 2.24) is 5.32 Å². The summed E-state index contributed by atoms with van der Waals surface area (Å²) < 4.78 is 0. The molecule has 0 spiro atoms. The molecule has 1 aliphatic rings. The van der Waals surface area contributed by atoms with E-state index in [9.17, 15) is 5.11 Å². The van der Waals surface area contributed by atoms with Gasteiger partial charge in [0.05, 0.1) is 12.6 Å². The molecule has 118 valence electrons. The predicted octanol–water partition coefficient (Wildman–Crippen LogP) is 3.58. The van der Waals surface area contributed by atoms with Gasteiger partial charge in [-0.2, -0.15) is 0 Å². The van der Waals surface area contributed by atoms with E-state index in [2.05, 4.69) is 30.1 Å². The average Bonchev–Trinajstić information content (AvgIpc) is 2.70. The van der Waals surface area contributed by atoms with Gasteiger partial charge >= 0.3 is 0 Å². The van der Waals surface area contributed by atoms with Crippen LogP contribution in [0.25, 0.3) is 0 Å². The third-order valence-electron chi connectivity index (χ3n) is 4.18. The van der Waals surface area contributed by atoms with Crippen LogP contribution in [-0.2, 0) is 6.54 Å². The molecule has 1 aromatic rings.